The Balaban J connectivity index is 2.12. The normalized spacial score (nSPS) is 12.9. The number of carbonyl (C=O) groups excluding carboxylic acids is 2. The van der Waals surface area contributed by atoms with E-state index in [1.54, 1.807) is 30.3 Å². The van der Waals surface area contributed by atoms with Gasteiger partial charge in [-0.1, -0.05) is 35.0 Å². The van der Waals surface area contributed by atoms with Gasteiger partial charge < -0.3 is 9.84 Å². The Morgan fingerprint density at radius 1 is 1.23 bits per heavy atom. The minimum atomic E-state index is -0.818. The molecule has 9 heteroatoms. The number of hydrogen-bond acceptors (Lipinski definition) is 5. The highest BCUT2D eigenvalue weighted by Crippen LogP contribution is 2.32. The molecule has 0 heterocycles. The Kier molecular flexibility index (Phi) is 8.82. The van der Waals surface area contributed by atoms with Crippen molar-refractivity contribution in [3.8, 4) is 5.75 Å². The first-order valence-corrected chi connectivity index (χ1v) is 9.91. The summed E-state index contributed by atoms with van der Waals surface area (Å²) in [5, 5.41) is 20.6. The second-order valence-electron chi connectivity index (χ2n) is 6.60. The third-order valence-corrected chi connectivity index (χ3v) is 4.84. The fourth-order valence-electron chi connectivity index (χ4n) is 2.75. The molecule has 2 aromatic rings. The second-order valence-corrected chi connectivity index (χ2v) is 7.52. The molecular formula is C21H22BrFN2O5. The number of ether oxygens (including phenoxy) is 1. The number of rotatable bonds is 8. The van der Waals surface area contributed by atoms with Crippen molar-refractivity contribution in [2.75, 3.05) is 5.32 Å². The van der Waals surface area contributed by atoms with Crippen molar-refractivity contribution in [3.63, 3.8) is 0 Å². The van der Waals surface area contributed by atoms with E-state index in [0.29, 0.717) is 24.1 Å². The summed E-state index contributed by atoms with van der Waals surface area (Å²) in [5.41, 5.74) is 2.42. The number of hydroxylamine groups is 1. The molecule has 7 nitrogen and oxygen atoms in total. The Bertz CT molecular complexity index is 905. The van der Waals surface area contributed by atoms with Gasteiger partial charge in [0, 0.05) is 16.2 Å². The summed E-state index contributed by atoms with van der Waals surface area (Å²) in [5.74, 6) is -2.21. The van der Waals surface area contributed by atoms with Crippen molar-refractivity contribution in [1.82, 2.24) is 5.48 Å². The molecule has 2 amide bonds. The van der Waals surface area contributed by atoms with Crippen molar-refractivity contribution < 1.29 is 29.0 Å². The zero-order chi connectivity index (χ0) is 22.1. The van der Waals surface area contributed by atoms with Gasteiger partial charge in [0.05, 0.1) is 0 Å². The summed E-state index contributed by atoms with van der Waals surface area (Å²) in [6.45, 7) is 1.82. The highest BCUT2D eigenvalue weighted by atomic mass is 79.9. The highest BCUT2D eigenvalue weighted by Gasteiger charge is 2.24. The third-order valence-electron chi connectivity index (χ3n) is 4.31. The van der Waals surface area contributed by atoms with Crippen molar-refractivity contribution in [1.29, 1.82) is 0 Å². The van der Waals surface area contributed by atoms with Crippen LogP contribution in [0.3, 0.4) is 0 Å². The van der Waals surface area contributed by atoms with E-state index in [1.807, 2.05) is 6.92 Å². The molecular weight excluding hydrogens is 459 g/mol. The average molecular weight is 481 g/mol. The standard InChI is InChI=1S/C21H22BrFN2O5/c1-13(4-2-3-5-19(27)25-29)20(14-6-11-18(26)17(23)12-14)30-21(28)24-16-9-7-15(22)8-10-16/h3,5-13,20,26,29H,2,4H2,1H3,(H,24,28)(H,25,27)/b5-3+/t13-,20-/m0/s1. The summed E-state index contributed by atoms with van der Waals surface area (Å²) in [7, 11) is 0. The van der Waals surface area contributed by atoms with Crippen molar-refractivity contribution in [2.24, 2.45) is 5.92 Å². The highest BCUT2D eigenvalue weighted by molar-refractivity contribution is 9.10. The van der Waals surface area contributed by atoms with Gasteiger partial charge in [-0.3, -0.25) is 15.3 Å². The number of halogens is 2. The van der Waals surface area contributed by atoms with Gasteiger partial charge in [0.2, 0.25) is 0 Å². The number of anilines is 1. The quantitative estimate of drug-likeness (QED) is 0.240. The number of aromatic hydroxyl groups is 1. The third kappa shape index (κ3) is 7.16. The van der Waals surface area contributed by atoms with Crippen LogP contribution in [-0.4, -0.2) is 22.3 Å². The van der Waals surface area contributed by atoms with E-state index in [0.717, 1.165) is 10.5 Å². The van der Waals surface area contributed by atoms with E-state index in [9.17, 15) is 19.1 Å². The van der Waals surface area contributed by atoms with Gasteiger partial charge in [-0.15, -0.1) is 0 Å². The van der Waals surface area contributed by atoms with Gasteiger partial charge in [0.1, 0.15) is 6.10 Å². The van der Waals surface area contributed by atoms with Crippen LogP contribution in [0.4, 0.5) is 14.9 Å². The van der Waals surface area contributed by atoms with Crippen LogP contribution >= 0.6 is 15.9 Å². The minimum Gasteiger partial charge on any atom is -0.505 e. The second kappa shape index (κ2) is 11.3. The van der Waals surface area contributed by atoms with E-state index in [4.69, 9.17) is 9.94 Å². The van der Waals surface area contributed by atoms with E-state index < -0.39 is 29.7 Å². The van der Waals surface area contributed by atoms with E-state index >= 15 is 0 Å². The maximum Gasteiger partial charge on any atom is 0.412 e. The van der Waals surface area contributed by atoms with Gasteiger partial charge in [0.25, 0.3) is 5.91 Å². The topological polar surface area (TPSA) is 108 Å². The lowest BCUT2D eigenvalue weighted by atomic mass is 9.93. The fourth-order valence-corrected chi connectivity index (χ4v) is 3.01. The number of allylic oxidation sites excluding steroid dienone is 1. The summed E-state index contributed by atoms with van der Waals surface area (Å²) in [6.07, 6.45) is 2.21. The van der Waals surface area contributed by atoms with Crippen LogP contribution in [0.5, 0.6) is 5.75 Å². The van der Waals surface area contributed by atoms with Gasteiger partial charge >= 0.3 is 6.09 Å². The molecule has 0 fully saturated rings. The number of phenolic OH excluding ortho intramolecular Hbond substituents is 1. The molecule has 0 saturated heterocycles. The molecule has 0 bridgehead atoms. The number of hydrogen-bond donors (Lipinski definition) is 4. The predicted molar refractivity (Wildman–Crippen MR) is 113 cm³/mol. The first kappa shape index (κ1) is 23.4. The van der Waals surface area contributed by atoms with Crippen LogP contribution in [0.2, 0.25) is 0 Å². The number of carbonyl (C=O) groups is 2. The lowest BCUT2D eigenvalue weighted by Crippen LogP contribution is -2.22. The molecule has 0 spiro atoms. The number of amides is 2. The van der Waals surface area contributed by atoms with Crippen LogP contribution in [0.25, 0.3) is 0 Å². The van der Waals surface area contributed by atoms with E-state index in [2.05, 4.69) is 21.2 Å². The molecule has 0 aromatic heterocycles. The van der Waals surface area contributed by atoms with Gasteiger partial charge in [-0.2, -0.15) is 0 Å². The monoisotopic (exact) mass is 480 g/mol. The van der Waals surface area contributed by atoms with Crippen LogP contribution in [-0.2, 0) is 9.53 Å². The van der Waals surface area contributed by atoms with Crippen molar-refractivity contribution in [2.45, 2.75) is 25.9 Å². The van der Waals surface area contributed by atoms with Gasteiger partial charge in [0.15, 0.2) is 11.6 Å². The maximum absolute atomic E-state index is 13.9. The van der Waals surface area contributed by atoms with Crippen molar-refractivity contribution in [3.05, 3.63) is 70.5 Å². The van der Waals surface area contributed by atoms with Crippen molar-refractivity contribution >= 4 is 33.6 Å². The largest absolute Gasteiger partial charge is 0.505 e. The van der Waals surface area contributed by atoms with Gasteiger partial charge in [-0.25, -0.2) is 14.7 Å². The summed E-state index contributed by atoms with van der Waals surface area (Å²) >= 11 is 3.31. The smallest absolute Gasteiger partial charge is 0.412 e. The van der Waals surface area contributed by atoms with Crippen LogP contribution in [0.15, 0.2) is 59.1 Å². The molecule has 2 aromatic carbocycles. The van der Waals surface area contributed by atoms with E-state index in [-0.39, 0.29) is 5.92 Å². The summed E-state index contributed by atoms with van der Waals surface area (Å²) in [4.78, 5) is 23.4. The molecule has 30 heavy (non-hydrogen) atoms. The minimum absolute atomic E-state index is 0.244. The summed E-state index contributed by atoms with van der Waals surface area (Å²) < 4.78 is 20.3. The van der Waals surface area contributed by atoms with Gasteiger partial charge in [-0.05, 0) is 60.7 Å². The molecule has 0 aliphatic carbocycles. The zero-order valence-electron chi connectivity index (χ0n) is 16.1. The lowest BCUT2D eigenvalue weighted by Gasteiger charge is -2.25. The van der Waals surface area contributed by atoms with Crippen LogP contribution in [0, 0.1) is 11.7 Å². The van der Waals surface area contributed by atoms with Crippen LogP contribution in [0.1, 0.15) is 31.4 Å². The molecule has 2 atom stereocenters. The number of benzene rings is 2. The molecule has 2 rings (SSSR count). The molecule has 160 valence electrons. The maximum atomic E-state index is 13.9. The molecule has 0 radical (unpaired) electrons. The Labute approximate surface area is 181 Å². The first-order valence-electron chi connectivity index (χ1n) is 9.12. The predicted octanol–water partition coefficient (Wildman–Crippen LogP) is 5.06. The van der Waals surface area contributed by atoms with E-state index in [1.165, 1.54) is 23.7 Å². The summed E-state index contributed by atoms with van der Waals surface area (Å²) in [6, 6.07) is 10.7. The molecule has 0 aliphatic heterocycles. The molecule has 4 N–H and O–H groups in total. The Hall–Kier alpha value is -2.91. The first-order chi connectivity index (χ1) is 14.3. The van der Waals surface area contributed by atoms with Crippen LogP contribution < -0.4 is 10.8 Å². The number of nitrogens with one attached hydrogen (secondary N) is 2. The lowest BCUT2D eigenvalue weighted by molar-refractivity contribution is -0.124. The molecule has 0 saturated carbocycles. The Morgan fingerprint density at radius 3 is 2.57 bits per heavy atom. The fraction of sp³-hybridized carbons (Fsp3) is 0.238. The Morgan fingerprint density at radius 2 is 1.93 bits per heavy atom. The average Bonchev–Trinajstić information content (AvgIpc) is 2.72. The zero-order valence-corrected chi connectivity index (χ0v) is 17.7. The molecule has 0 unspecified atom stereocenters. The SMILES string of the molecule is C[C@@H](CC/C=C/C(=O)NO)[C@H](OC(=O)Nc1ccc(Br)cc1)c1ccc(O)c(F)c1. The number of phenols is 1. The molecule has 0 aliphatic rings.